The highest BCUT2D eigenvalue weighted by molar-refractivity contribution is 5.95. The number of para-hydroxylation sites is 1. The molecule has 1 amide bonds. The van der Waals surface area contributed by atoms with Crippen LogP contribution in [0.4, 0.5) is 5.69 Å². The maximum atomic E-state index is 13.0. The smallest absolute Gasteiger partial charge is 0.241 e. The van der Waals surface area contributed by atoms with Gasteiger partial charge in [-0.25, -0.2) is 0 Å². The lowest BCUT2D eigenvalue weighted by atomic mass is 9.89. The van der Waals surface area contributed by atoms with Crippen LogP contribution < -0.4 is 10.6 Å². The van der Waals surface area contributed by atoms with Gasteiger partial charge in [-0.05, 0) is 44.0 Å². The molecular formula is C22H29N3O. The average molecular weight is 351 g/mol. The van der Waals surface area contributed by atoms with E-state index in [1.54, 1.807) is 0 Å². The van der Waals surface area contributed by atoms with Crippen LogP contribution >= 0.6 is 0 Å². The lowest BCUT2D eigenvalue weighted by Gasteiger charge is -2.29. The molecule has 2 atom stereocenters. The third-order valence-corrected chi connectivity index (χ3v) is 5.23. The molecule has 1 aliphatic rings. The molecule has 1 fully saturated rings. The molecule has 2 aromatic carbocycles. The summed E-state index contributed by atoms with van der Waals surface area (Å²) in [4.78, 5) is 17.2. The highest BCUT2D eigenvalue weighted by Gasteiger charge is 2.34. The molecule has 0 radical (unpaired) electrons. The summed E-state index contributed by atoms with van der Waals surface area (Å²) >= 11 is 0. The van der Waals surface area contributed by atoms with Crippen LogP contribution in [0.1, 0.15) is 25.3 Å². The number of anilines is 1. The third kappa shape index (κ3) is 4.14. The molecule has 4 heteroatoms. The highest BCUT2D eigenvalue weighted by atomic mass is 16.2. The molecule has 0 bridgehead atoms. The molecule has 4 nitrogen and oxygen atoms in total. The fraction of sp³-hybridized carbons (Fsp3) is 0.409. The maximum Gasteiger partial charge on any atom is 0.241 e. The number of likely N-dealkylation sites (tertiary alicyclic amines) is 1. The summed E-state index contributed by atoms with van der Waals surface area (Å²) in [7, 11) is 0. The number of hydrogen-bond donors (Lipinski definition) is 1. The summed E-state index contributed by atoms with van der Waals surface area (Å²) in [6.07, 6.45) is 0. The first-order valence-electron chi connectivity index (χ1n) is 9.44. The van der Waals surface area contributed by atoms with Crippen molar-refractivity contribution in [3.05, 3.63) is 66.2 Å². The summed E-state index contributed by atoms with van der Waals surface area (Å²) < 4.78 is 0. The standard InChI is InChI=1S/C22H29N3O/c1-17(2)25(20-11-7-4-8-12-20)22(26)16-24-14-19(13-23)21(15-24)18-9-5-3-6-10-18/h3-12,17,19,21H,13-16,23H2,1-2H3/t19-,21+/m1/s1. The van der Waals surface area contributed by atoms with Crippen molar-refractivity contribution in [2.45, 2.75) is 25.8 Å². The molecular weight excluding hydrogens is 322 g/mol. The van der Waals surface area contributed by atoms with Gasteiger partial charge in [-0.3, -0.25) is 9.69 Å². The van der Waals surface area contributed by atoms with Crippen LogP contribution in [0, 0.1) is 5.92 Å². The van der Waals surface area contributed by atoms with Crippen LogP contribution in [0.3, 0.4) is 0 Å². The zero-order chi connectivity index (χ0) is 18.5. The van der Waals surface area contributed by atoms with Crippen molar-refractivity contribution in [2.24, 2.45) is 11.7 Å². The molecule has 0 spiro atoms. The van der Waals surface area contributed by atoms with E-state index in [2.05, 4.69) is 43.0 Å². The summed E-state index contributed by atoms with van der Waals surface area (Å²) in [6, 6.07) is 20.6. The predicted molar refractivity (Wildman–Crippen MR) is 107 cm³/mol. The third-order valence-electron chi connectivity index (χ3n) is 5.23. The fourth-order valence-electron chi connectivity index (χ4n) is 3.99. The first-order chi connectivity index (χ1) is 12.6. The Morgan fingerprint density at radius 1 is 1.08 bits per heavy atom. The maximum absolute atomic E-state index is 13.0. The number of nitrogens with two attached hydrogens (primary N) is 1. The molecule has 138 valence electrons. The van der Waals surface area contributed by atoms with Crippen LogP contribution in [-0.2, 0) is 4.79 Å². The highest BCUT2D eigenvalue weighted by Crippen LogP contribution is 2.32. The Morgan fingerprint density at radius 3 is 2.27 bits per heavy atom. The monoisotopic (exact) mass is 351 g/mol. The first-order valence-corrected chi connectivity index (χ1v) is 9.44. The van der Waals surface area contributed by atoms with Gasteiger partial charge in [-0.2, -0.15) is 0 Å². The van der Waals surface area contributed by atoms with Crippen molar-refractivity contribution in [1.82, 2.24) is 4.90 Å². The molecule has 0 aliphatic carbocycles. The van der Waals surface area contributed by atoms with Crippen molar-refractivity contribution in [1.29, 1.82) is 0 Å². The number of amides is 1. The van der Waals surface area contributed by atoms with Crippen molar-refractivity contribution in [3.8, 4) is 0 Å². The van der Waals surface area contributed by atoms with E-state index in [0.29, 0.717) is 24.9 Å². The van der Waals surface area contributed by atoms with Gasteiger partial charge in [0.15, 0.2) is 0 Å². The fourth-order valence-corrected chi connectivity index (χ4v) is 3.99. The minimum Gasteiger partial charge on any atom is -0.330 e. The minimum atomic E-state index is 0.128. The normalized spacial score (nSPS) is 20.5. The van der Waals surface area contributed by atoms with Crippen LogP contribution in [-0.4, -0.2) is 43.0 Å². The first kappa shape index (κ1) is 18.6. The van der Waals surface area contributed by atoms with Crippen molar-refractivity contribution in [2.75, 3.05) is 31.1 Å². The quantitative estimate of drug-likeness (QED) is 0.870. The zero-order valence-electron chi connectivity index (χ0n) is 15.7. The van der Waals surface area contributed by atoms with E-state index in [-0.39, 0.29) is 11.9 Å². The average Bonchev–Trinajstić information content (AvgIpc) is 3.06. The Kier molecular flexibility index (Phi) is 6.07. The second kappa shape index (κ2) is 8.47. The number of hydrogen-bond acceptors (Lipinski definition) is 3. The SMILES string of the molecule is CC(C)N(C(=O)CN1C[C@@H](CN)[C@H](c2ccccc2)C1)c1ccccc1. The Balaban J connectivity index is 1.71. The van der Waals surface area contributed by atoms with Gasteiger partial charge in [0.25, 0.3) is 0 Å². The largest absolute Gasteiger partial charge is 0.330 e. The summed E-state index contributed by atoms with van der Waals surface area (Å²) in [5, 5.41) is 0. The minimum absolute atomic E-state index is 0.128. The zero-order valence-corrected chi connectivity index (χ0v) is 15.7. The second-order valence-corrected chi connectivity index (χ2v) is 7.40. The molecule has 1 heterocycles. The van der Waals surface area contributed by atoms with Gasteiger partial charge < -0.3 is 10.6 Å². The number of benzene rings is 2. The molecule has 2 aromatic rings. The molecule has 0 saturated carbocycles. The van der Waals surface area contributed by atoms with Gasteiger partial charge in [-0.15, -0.1) is 0 Å². The lowest BCUT2D eigenvalue weighted by molar-refractivity contribution is -0.119. The van der Waals surface area contributed by atoms with Crippen molar-refractivity contribution < 1.29 is 4.79 Å². The van der Waals surface area contributed by atoms with Crippen LogP contribution in [0.15, 0.2) is 60.7 Å². The van der Waals surface area contributed by atoms with E-state index in [0.717, 1.165) is 18.8 Å². The Bertz CT molecular complexity index is 702. The van der Waals surface area contributed by atoms with Crippen molar-refractivity contribution >= 4 is 11.6 Å². The van der Waals surface area contributed by atoms with E-state index in [1.807, 2.05) is 41.3 Å². The molecule has 3 rings (SSSR count). The van der Waals surface area contributed by atoms with Gasteiger partial charge in [0.1, 0.15) is 0 Å². The van der Waals surface area contributed by atoms with Crippen LogP contribution in [0.5, 0.6) is 0 Å². The number of nitrogens with zero attached hydrogens (tertiary/aromatic N) is 2. The van der Waals surface area contributed by atoms with Gasteiger partial charge in [0, 0.05) is 30.7 Å². The molecule has 26 heavy (non-hydrogen) atoms. The van der Waals surface area contributed by atoms with Crippen LogP contribution in [0.2, 0.25) is 0 Å². The summed E-state index contributed by atoms with van der Waals surface area (Å²) in [5.41, 5.74) is 8.31. The molecule has 1 aliphatic heterocycles. The Morgan fingerprint density at radius 2 is 1.69 bits per heavy atom. The van der Waals surface area contributed by atoms with Gasteiger partial charge >= 0.3 is 0 Å². The second-order valence-electron chi connectivity index (χ2n) is 7.40. The predicted octanol–water partition coefficient (Wildman–Crippen LogP) is 3.10. The van der Waals surface area contributed by atoms with E-state index < -0.39 is 0 Å². The number of rotatable bonds is 6. The van der Waals surface area contributed by atoms with E-state index >= 15 is 0 Å². The molecule has 2 N–H and O–H groups in total. The van der Waals surface area contributed by atoms with Gasteiger partial charge in [0.2, 0.25) is 5.91 Å². The van der Waals surface area contributed by atoms with E-state index in [4.69, 9.17) is 5.73 Å². The van der Waals surface area contributed by atoms with Gasteiger partial charge in [-0.1, -0.05) is 48.5 Å². The topological polar surface area (TPSA) is 49.6 Å². The van der Waals surface area contributed by atoms with Crippen LogP contribution in [0.25, 0.3) is 0 Å². The molecule has 1 saturated heterocycles. The van der Waals surface area contributed by atoms with E-state index in [9.17, 15) is 4.79 Å². The lowest BCUT2D eigenvalue weighted by Crippen LogP contribution is -2.43. The van der Waals surface area contributed by atoms with Gasteiger partial charge in [0.05, 0.1) is 6.54 Å². The summed E-state index contributed by atoms with van der Waals surface area (Å²) in [5.74, 6) is 0.948. The Hall–Kier alpha value is -2.17. The molecule has 0 aromatic heterocycles. The summed E-state index contributed by atoms with van der Waals surface area (Å²) in [6.45, 7) is 6.97. The van der Waals surface area contributed by atoms with Crippen molar-refractivity contribution in [3.63, 3.8) is 0 Å². The molecule has 0 unspecified atom stereocenters. The Labute approximate surface area is 156 Å². The number of carbonyl (C=O) groups excluding carboxylic acids is 1. The number of carbonyl (C=O) groups is 1. The van der Waals surface area contributed by atoms with E-state index in [1.165, 1.54) is 5.56 Å².